The van der Waals surface area contributed by atoms with Gasteiger partial charge in [0, 0.05) is 11.8 Å². The highest BCUT2D eigenvalue weighted by molar-refractivity contribution is 5.76. The SMILES string of the molecule is C[C@H]1[C@H](C)CC[C@]2(C(=O)O)CC[C@]3(C)C(=CC[C@@H]4[C@@]5(C)CCC(O)(O)C(C)(C)C5CC[C@]43C)[C@H]12. The second-order valence-corrected chi connectivity index (χ2v) is 14.6. The Morgan fingerprint density at radius 1 is 0.882 bits per heavy atom. The zero-order valence-corrected chi connectivity index (χ0v) is 22.6. The number of hydrogen-bond acceptors (Lipinski definition) is 3. The summed E-state index contributed by atoms with van der Waals surface area (Å²) in [6.45, 7) is 16.2. The molecule has 0 aromatic carbocycles. The van der Waals surface area contributed by atoms with Crippen LogP contribution in [0.2, 0.25) is 0 Å². The summed E-state index contributed by atoms with van der Waals surface area (Å²) in [6.07, 6.45) is 10.5. The number of allylic oxidation sites excluding steroid dienone is 2. The van der Waals surface area contributed by atoms with E-state index < -0.39 is 22.6 Å². The molecule has 3 N–H and O–H groups in total. The summed E-state index contributed by atoms with van der Waals surface area (Å²) in [6, 6.07) is 0. The van der Waals surface area contributed by atoms with Gasteiger partial charge in [-0.25, -0.2) is 0 Å². The number of hydrogen-bond donors (Lipinski definition) is 3. The molecule has 0 aliphatic heterocycles. The van der Waals surface area contributed by atoms with Crippen molar-refractivity contribution in [1.82, 2.24) is 0 Å². The van der Waals surface area contributed by atoms with Crippen LogP contribution in [-0.4, -0.2) is 27.1 Å². The van der Waals surface area contributed by atoms with Crippen LogP contribution in [0.4, 0.5) is 0 Å². The van der Waals surface area contributed by atoms with Crippen molar-refractivity contribution in [3.05, 3.63) is 11.6 Å². The molecule has 0 amide bonds. The molecule has 4 saturated carbocycles. The van der Waals surface area contributed by atoms with Crippen LogP contribution in [-0.2, 0) is 4.79 Å². The fourth-order valence-electron chi connectivity index (χ4n) is 10.8. The fourth-order valence-corrected chi connectivity index (χ4v) is 10.8. The van der Waals surface area contributed by atoms with Crippen LogP contribution in [0.3, 0.4) is 0 Å². The minimum atomic E-state index is -1.61. The first kappa shape index (κ1) is 24.8. The van der Waals surface area contributed by atoms with E-state index in [4.69, 9.17) is 0 Å². The number of carboxylic acid groups (broad SMARTS) is 1. The Balaban J connectivity index is 1.61. The van der Waals surface area contributed by atoms with Crippen LogP contribution >= 0.6 is 0 Å². The van der Waals surface area contributed by atoms with Gasteiger partial charge in [-0.1, -0.05) is 60.1 Å². The first-order valence-electron chi connectivity index (χ1n) is 14.0. The summed E-state index contributed by atoms with van der Waals surface area (Å²) in [5.74, 6) is -0.335. The molecule has 5 aliphatic rings. The zero-order chi connectivity index (χ0) is 25.1. The van der Waals surface area contributed by atoms with Crippen LogP contribution in [0.1, 0.15) is 106 Å². The molecule has 34 heavy (non-hydrogen) atoms. The third kappa shape index (κ3) is 2.71. The second kappa shape index (κ2) is 7.12. The standard InChI is InChI=1S/C30H48O4/c1-18-10-13-29(24(31)32)16-15-27(6)20(23(29)19(18)2)8-9-22-26(5)14-17-30(33,34)25(3,4)21(26)11-12-28(22,27)7/h8,18-19,21-23,33-34H,9-17H2,1-7H3,(H,31,32)/t18-,19+,21?,22-,23+,26+,27-,28-,29+/m1/s1. The number of aliphatic hydroxyl groups is 2. The minimum absolute atomic E-state index is 0.00986. The number of carbonyl (C=O) groups is 1. The summed E-state index contributed by atoms with van der Waals surface area (Å²) < 4.78 is 0. The number of aliphatic carboxylic acids is 1. The van der Waals surface area contributed by atoms with Gasteiger partial charge in [-0.15, -0.1) is 0 Å². The van der Waals surface area contributed by atoms with Crippen molar-refractivity contribution in [3.8, 4) is 0 Å². The van der Waals surface area contributed by atoms with Crippen LogP contribution in [0.15, 0.2) is 11.6 Å². The lowest BCUT2D eigenvalue weighted by atomic mass is 9.33. The van der Waals surface area contributed by atoms with Gasteiger partial charge in [0.25, 0.3) is 0 Å². The van der Waals surface area contributed by atoms with Crippen molar-refractivity contribution >= 4 is 5.97 Å². The van der Waals surface area contributed by atoms with Crippen molar-refractivity contribution in [3.63, 3.8) is 0 Å². The molecule has 4 fully saturated rings. The van der Waals surface area contributed by atoms with Gasteiger partial charge < -0.3 is 15.3 Å². The molecule has 0 aromatic rings. The van der Waals surface area contributed by atoms with Gasteiger partial charge in [-0.3, -0.25) is 4.79 Å². The Hall–Kier alpha value is -0.870. The molecule has 0 radical (unpaired) electrons. The number of fused-ring (bicyclic) bond motifs is 7. The zero-order valence-electron chi connectivity index (χ0n) is 22.6. The maximum atomic E-state index is 12.8. The molecule has 4 nitrogen and oxygen atoms in total. The Morgan fingerprint density at radius 3 is 2.21 bits per heavy atom. The molecular weight excluding hydrogens is 424 g/mol. The molecule has 0 heterocycles. The highest BCUT2D eigenvalue weighted by atomic mass is 16.5. The van der Waals surface area contributed by atoms with Gasteiger partial charge in [0.15, 0.2) is 5.79 Å². The largest absolute Gasteiger partial charge is 0.481 e. The molecule has 5 aliphatic carbocycles. The van der Waals surface area contributed by atoms with Gasteiger partial charge in [0.05, 0.1) is 5.41 Å². The third-order valence-corrected chi connectivity index (χ3v) is 13.6. The van der Waals surface area contributed by atoms with Crippen LogP contribution < -0.4 is 0 Å². The fraction of sp³-hybridized carbons (Fsp3) is 0.900. The second-order valence-electron chi connectivity index (χ2n) is 14.6. The highest BCUT2D eigenvalue weighted by Crippen LogP contribution is 2.76. The predicted molar refractivity (Wildman–Crippen MR) is 134 cm³/mol. The predicted octanol–water partition coefficient (Wildman–Crippen LogP) is 6.41. The van der Waals surface area contributed by atoms with Crippen LogP contribution in [0.5, 0.6) is 0 Å². The van der Waals surface area contributed by atoms with Crippen molar-refractivity contribution in [1.29, 1.82) is 0 Å². The van der Waals surface area contributed by atoms with Crippen LogP contribution in [0.25, 0.3) is 0 Å². The molecule has 0 bridgehead atoms. The lowest BCUT2D eigenvalue weighted by molar-refractivity contribution is -0.311. The normalized spacial score (nSPS) is 53.4. The summed E-state index contributed by atoms with van der Waals surface area (Å²) >= 11 is 0. The van der Waals surface area contributed by atoms with E-state index in [0.717, 1.165) is 51.4 Å². The molecule has 0 saturated heterocycles. The Morgan fingerprint density at radius 2 is 1.56 bits per heavy atom. The van der Waals surface area contributed by atoms with Crippen molar-refractivity contribution in [2.24, 2.45) is 56.7 Å². The molecule has 1 unspecified atom stereocenters. The topological polar surface area (TPSA) is 77.8 Å². The average molecular weight is 473 g/mol. The molecule has 0 aromatic heterocycles. The highest BCUT2D eigenvalue weighted by Gasteiger charge is 2.70. The van der Waals surface area contributed by atoms with Gasteiger partial charge >= 0.3 is 5.97 Å². The molecule has 5 rings (SSSR count). The number of rotatable bonds is 1. The van der Waals surface area contributed by atoms with Gasteiger partial charge in [-0.2, -0.15) is 0 Å². The monoisotopic (exact) mass is 472 g/mol. The van der Waals surface area contributed by atoms with Gasteiger partial charge in [-0.05, 0) is 97.2 Å². The van der Waals surface area contributed by atoms with E-state index >= 15 is 0 Å². The maximum Gasteiger partial charge on any atom is 0.310 e. The van der Waals surface area contributed by atoms with E-state index in [9.17, 15) is 20.1 Å². The summed E-state index contributed by atoms with van der Waals surface area (Å²) in [7, 11) is 0. The minimum Gasteiger partial charge on any atom is -0.481 e. The van der Waals surface area contributed by atoms with Crippen LogP contribution in [0, 0.1) is 56.7 Å². The first-order chi connectivity index (χ1) is 15.6. The molecule has 192 valence electrons. The first-order valence-corrected chi connectivity index (χ1v) is 14.0. The van der Waals surface area contributed by atoms with Crippen molar-refractivity contribution < 1.29 is 20.1 Å². The van der Waals surface area contributed by atoms with E-state index in [-0.39, 0.29) is 28.1 Å². The summed E-state index contributed by atoms with van der Waals surface area (Å²) in [5, 5.41) is 32.3. The van der Waals surface area contributed by atoms with E-state index in [1.165, 1.54) is 5.57 Å². The molecule has 9 atom stereocenters. The van der Waals surface area contributed by atoms with Gasteiger partial charge in [0.1, 0.15) is 0 Å². The van der Waals surface area contributed by atoms with E-state index in [2.05, 4.69) is 54.5 Å². The molecule has 4 heteroatoms. The summed E-state index contributed by atoms with van der Waals surface area (Å²) in [5.41, 5.74) is 0.509. The van der Waals surface area contributed by atoms with Gasteiger partial charge in [0.2, 0.25) is 0 Å². The Bertz CT molecular complexity index is 919. The smallest absolute Gasteiger partial charge is 0.310 e. The third-order valence-electron chi connectivity index (χ3n) is 13.6. The lowest BCUT2D eigenvalue weighted by Crippen LogP contribution is -2.67. The molecular formula is C30H48O4. The maximum absolute atomic E-state index is 12.8. The van der Waals surface area contributed by atoms with Crippen molar-refractivity contribution in [2.45, 2.75) is 112 Å². The molecule has 0 spiro atoms. The summed E-state index contributed by atoms with van der Waals surface area (Å²) in [4.78, 5) is 12.8. The van der Waals surface area contributed by atoms with E-state index in [0.29, 0.717) is 24.2 Å². The average Bonchev–Trinajstić information content (AvgIpc) is 2.74. The quantitative estimate of drug-likeness (QED) is 0.304. The van der Waals surface area contributed by atoms with Crippen molar-refractivity contribution in [2.75, 3.05) is 0 Å². The Labute approximate surface area is 206 Å². The Kier molecular flexibility index (Phi) is 5.20. The lowest BCUT2D eigenvalue weighted by Gasteiger charge is -2.71. The van der Waals surface area contributed by atoms with E-state index in [1.54, 1.807) is 0 Å². The number of carboxylic acids is 1. The van der Waals surface area contributed by atoms with E-state index in [1.807, 2.05) is 0 Å².